The number of anilines is 1. The van der Waals surface area contributed by atoms with Gasteiger partial charge in [0.2, 0.25) is 0 Å². The number of nitrogen functional groups attached to an aromatic ring is 1. The first-order valence-electron chi connectivity index (χ1n) is 12.4. The zero-order valence-corrected chi connectivity index (χ0v) is 22.2. The number of nitrogens with one attached hydrogen (secondary N) is 1. The summed E-state index contributed by atoms with van der Waals surface area (Å²) in [5.74, 6) is -3.54. The standard InChI is InChI=1S/C28H34ClF2N3O3/c1-17-21(27(36)34-11-12-37-3)8-10-25(32)22(17)16-33-15-18-5-4-6-19(13-18)26(35)20-7-9-24(29)23(14-20)28(2,30)31/h7-10,14,16,18-19H,4-6,11-13,15,32H2,1-3H3,(H,34,36). The number of carbonyl (C=O) groups excluding carboxylic acids is 2. The summed E-state index contributed by atoms with van der Waals surface area (Å²) in [4.78, 5) is 30.2. The quantitative estimate of drug-likeness (QED) is 0.174. The summed E-state index contributed by atoms with van der Waals surface area (Å²) >= 11 is 5.94. The molecule has 9 heteroatoms. The van der Waals surface area contributed by atoms with E-state index in [1.807, 2.05) is 6.92 Å². The van der Waals surface area contributed by atoms with Gasteiger partial charge in [-0.15, -0.1) is 0 Å². The molecule has 0 heterocycles. The minimum atomic E-state index is -3.13. The van der Waals surface area contributed by atoms with Crippen LogP contribution in [0.2, 0.25) is 5.02 Å². The van der Waals surface area contributed by atoms with Gasteiger partial charge in [0.15, 0.2) is 5.78 Å². The second-order valence-electron chi connectivity index (χ2n) is 9.66. The van der Waals surface area contributed by atoms with Crippen LogP contribution in [0, 0.1) is 18.8 Å². The largest absolute Gasteiger partial charge is 0.398 e. The van der Waals surface area contributed by atoms with E-state index in [9.17, 15) is 18.4 Å². The molecular weight excluding hydrogens is 500 g/mol. The highest BCUT2D eigenvalue weighted by molar-refractivity contribution is 6.31. The number of hydrogen-bond acceptors (Lipinski definition) is 5. The number of hydrogen-bond donors (Lipinski definition) is 2. The molecule has 3 rings (SSSR count). The topological polar surface area (TPSA) is 93.8 Å². The average Bonchev–Trinajstić information content (AvgIpc) is 2.85. The number of ether oxygens (including phenoxy) is 1. The predicted octanol–water partition coefficient (Wildman–Crippen LogP) is 5.83. The fourth-order valence-corrected chi connectivity index (χ4v) is 5.05. The summed E-state index contributed by atoms with van der Waals surface area (Å²) in [5.41, 5.74) is 8.57. The Hall–Kier alpha value is -2.84. The molecular formula is C28H34ClF2N3O3. The zero-order chi connectivity index (χ0) is 27.2. The van der Waals surface area contributed by atoms with Crippen LogP contribution in [-0.4, -0.2) is 44.7 Å². The number of benzene rings is 2. The van der Waals surface area contributed by atoms with E-state index < -0.39 is 5.92 Å². The Kier molecular flexibility index (Phi) is 9.79. The first kappa shape index (κ1) is 28.7. The number of ketones is 1. The third kappa shape index (κ3) is 7.36. The fraction of sp³-hybridized carbons (Fsp3) is 0.464. The van der Waals surface area contributed by atoms with Crippen molar-refractivity contribution in [2.45, 2.75) is 45.5 Å². The van der Waals surface area contributed by atoms with Crippen molar-refractivity contribution in [1.82, 2.24) is 5.32 Å². The number of alkyl halides is 2. The summed E-state index contributed by atoms with van der Waals surface area (Å²) < 4.78 is 32.8. The van der Waals surface area contributed by atoms with Crippen molar-refractivity contribution >= 4 is 35.2 Å². The number of nitrogens with zero attached hydrogens (tertiary/aromatic N) is 1. The van der Waals surface area contributed by atoms with Crippen LogP contribution in [0.4, 0.5) is 14.5 Å². The van der Waals surface area contributed by atoms with Gasteiger partial charge >= 0.3 is 0 Å². The predicted molar refractivity (Wildman–Crippen MR) is 143 cm³/mol. The summed E-state index contributed by atoms with van der Waals surface area (Å²) in [5, 5.41) is 2.76. The number of aliphatic imine (C=N–C) groups is 1. The van der Waals surface area contributed by atoms with Gasteiger partial charge in [-0.05, 0) is 68.0 Å². The van der Waals surface area contributed by atoms with E-state index in [0.29, 0.717) is 49.4 Å². The summed E-state index contributed by atoms with van der Waals surface area (Å²) in [6.45, 7) is 3.94. The molecule has 6 nitrogen and oxygen atoms in total. The van der Waals surface area contributed by atoms with Gasteiger partial charge in [-0.25, -0.2) is 8.78 Å². The molecule has 0 aliphatic heterocycles. The minimum absolute atomic E-state index is 0.0500. The lowest BCUT2D eigenvalue weighted by atomic mass is 9.77. The van der Waals surface area contributed by atoms with Crippen LogP contribution in [-0.2, 0) is 10.7 Å². The average molecular weight is 534 g/mol. The third-order valence-electron chi connectivity index (χ3n) is 6.85. The highest BCUT2D eigenvalue weighted by atomic mass is 35.5. The first-order valence-corrected chi connectivity index (χ1v) is 12.8. The van der Waals surface area contributed by atoms with Crippen molar-refractivity contribution in [1.29, 1.82) is 0 Å². The number of halogens is 3. The number of nitrogens with two attached hydrogens (primary N) is 1. The molecule has 0 aromatic heterocycles. The molecule has 1 aliphatic carbocycles. The van der Waals surface area contributed by atoms with Crippen molar-refractivity contribution in [3.8, 4) is 0 Å². The summed E-state index contributed by atoms with van der Waals surface area (Å²) in [6, 6.07) is 7.49. The van der Waals surface area contributed by atoms with Gasteiger partial charge in [-0.2, -0.15) is 0 Å². The van der Waals surface area contributed by atoms with E-state index in [1.54, 1.807) is 25.5 Å². The van der Waals surface area contributed by atoms with E-state index in [4.69, 9.17) is 22.1 Å². The highest BCUT2D eigenvalue weighted by Gasteiger charge is 2.31. The second kappa shape index (κ2) is 12.6. The van der Waals surface area contributed by atoms with Crippen LogP contribution in [0.25, 0.3) is 0 Å². The van der Waals surface area contributed by atoms with Crippen molar-refractivity contribution in [3.63, 3.8) is 0 Å². The van der Waals surface area contributed by atoms with Crippen molar-refractivity contribution in [3.05, 3.63) is 63.2 Å². The van der Waals surface area contributed by atoms with Crippen molar-refractivity contribution < 1.29 is 23.1 Å². The first-order chi connectivity index (χ1) is 17.5. The van der Waals surface area contributed by atoms with E-state index in [2.05, 4.69) is 10.3 Å². The van der Waals surface area contributed by atoms with Crippen molar-refractivity contribution in [2.24, 2.45) is 16.8 Å². The Morgan fingerprint density at radius 3 is 2.73 bits per heavy atom. The molecule has 1 amide bonds. The van der Waals surface area contributed by atoms with Gasteiger partial charge in [-0.3, -0.25) is 14.6 Å². The lowest BCUT2D eigenvalue weighted by Crippen LogP contribution is -2.28. The van der Waals surface area contributed by atoms with Crippen LogP contribution in [0.3, 0.4) is 0 Å². The van der Waals surface area contributed by atoms with Gasteiger partial charge in [-0.1, -0.05) is 18.0 Å². The number of carbonyl (C=O) groups is 2. The molecule has 3 N–H and O–H groups in total. The number of rotatable bonds is 10. The molecule has 2 aromatic carbocycles. The number of Topliss-reactive ketones (excluding diaryl/α,β-unsaturated/α-hetero) is 1. The van der Waals surface area contributed by atoms with Gasteiger partial charge in [0.05, 0.1) is 6.61 Å². The maximum absolute atomic E-state index is 13.9. The molecule has 0 spiro atoms. The lowest BCUT2D eigenvalue weighted by molar-refractivity contribution is 0.0175. The molecule has 1 fully saturated rings. The van der Waals surface area contributed by atoms with E-state index >= 15 is 0 Å². The Morgan fingerprint density at radius 1 is 1.27 bits per heavy atom. The molecule has 0 bridgehead atoms. The Balaban J connectivity index is 1.67. The number of amides is 1. The van der Waals surface area contributed by atoms with E-state index in [1.165, 1.54) is 18.2 Å². The van der Waals surface area contributed by atoms with E-state index in [-0.39, 0.29) is 39.7 Å². The molecule has 1 saturated carbocycles. The normalized spacial score (nSPS) is 18.2. The van der Waals surface area contributed by atoms with Crippen LogP contribution in [0.15, 0.2) is 35.3 Å². The fourth-order valence-electron chi connectivity index (χ4n) is 4.77. The number of methoxy groups -OCH3 is 1. The van der Waals surface area contributed by atoms with Crippen LogP contribution < -0.4 is 11.1 Å². The second-order valence-corrected chi connectivity index (χ2v) is 10.1. The summed E-state index contributed by atoms with van der Waals surface area (Å²) in [7, 11) is 1.57. The van der Waals surface area contributed by atoms with E-state index in [0.717, 1.165) is 25.3 Å². The minimum Gasteiger partial charge on any atom is -0.398 e. The molecule has 1 aliphatic rings. The summed E-state index contributed by atoms with van der Waals surface area (Å²) in [6.07, 6.45) is 4.82. The maximum Gasteiger partial charge on any atom is 0.271 e. The van der Waals surface area contributed by atoms with Gasteiger partial charge < -0.3 is 15.8 Å². The van der Waals surface area contributed by atoms with Gasteiger partial charge in [0.1, 0.15) is 0 Å². The SMILES string of the molecule is COCCNC(=O)c1ccc(N)c(C=NCC2CCCC(C(=O)c3ccc(Cl)c(C(C)(F)F)c3)C2)c1C. The lowest BCUT2D eigenvalue weighted by Gasteiger charge is -2.27. The maximum atomic E-state index is 13.9. The highest BCUT2D eigenvalue weighted by Crippen LogP contribution is 2.36. The molecule has 0 radical (unpaired) electrons. The van der Waals surface area contributed by atoms with Gasteiger partial charge in [0, 0.05) is 72.2 Å². The monoisotopic (exact) mass is 533 g/mol. The molecule has 0 saturated heterocycles. The van der Waals surface area contributed by atoms with Crippen LogP contribution in [0.5, 0.6) is 0 Å². The Bertz CT molecular complexity index is 1160. The molecule has 37 heavy (non-hydrogen) atoms. The smallest absolute Gasteiger partial charge is 0.271 e. The zero-order valence-electron chi connectivity index (χ0n) is 21.5. The van der Waals surface area contributed by atoms with Crippen molar-refractivity contribution in [2.75, 3.05) is 32.5 Å². The van der Waals surface area contributed by atoms with Crippen LogP contribution >= 0.6 is 11.6 Å². The third-order valence-corrected chi connectivity index (χ3v) is 7.18. The molecule has 2 aromatic rings. The molecule has 2 atom stereocenters. The Morgan fingerprint density at radius 2 is 2.03 bits per heavy atom. The molecule has 2 unspecified atom stereocenters. The van der Waals surface area contributed by atoms with Gasteiger partial charge in [0.25, 0.3) is 11.8 Å². The van der Waals surface area contributed by atoms with Crippen LogP contribution in [0.1, 0.15) is 70.0 Å². The Labute approximate surface area is 221 Å². The molecule has 200 valence electrons.